The third kappa shape index (κ3) is 7.18. The minimum Gasteiger partial charge on any atom is -0.386 e. The number of ether oxygens (including phenoxy) is 1. The molecule has 3 unspecified atom stereocenters. The lowest BCUT2D eigenvalue weighted by Crippen LogP contribution is -2.48. The van der Waals surface area contributed by atoms with Gasteiger partial charge in [-0.05, 0) is 0 Å². The van der Waals surface area contributed by atoms with Crippen molar-refractivity contribution in [2.24, 2.45) is 0 Å². The predicted molar refractivity (Wildman–Crippen MR) is 99.1 cm³/mol. The van der Waals surface area contributed by atoms with Crippen LogP contribution in [0.3, 0.4) is 0 Å². The molecule has 2 rings (SSSR count). The molecule has 8 N–H and O–H groups in total. The summed E-state index contributed by atoms with van der Waals surface area (Å²) < 4.78 is 78.7. The van der Waals surface area contributed by atoms with Gasteiger partial charge in [0, 0.05) is 0 Å². The van der Waals surface area contributed by atoms with Crippen LogP contribution in [0.1, 0.15) is 8.97 Å². The summed E-state index contributed by atoms with van der Waals surface area (Å²) >= 11 is 0. The van der Waals surface area contributed by atoms with Gasteiger partial charge in [-0.2, -0.15) is 13.6 Å². The number of nitrogens with two attached hydrogens (primary N) is 1. The van der Waals surface area contributed by atoms with Crippen molar-refractivity contribution in [2.45, 2.75) is 24.0 Å². The molecule has 2 heterocycles. The highest BCUT2D eigenvalue weighted by molar-refractivity contribution is 7.66. The maximum Gasteiger partial charge on any atom is 0.490 e. The zero-order valence-corrected chi connectivity index (χ0v) is 18.3. The van der Waals surface area contributed by atoms with E-state index in [1.165, 1.54) is 0 Å². The summed E-state index contributed by atoms with van der Waals surface area (Å²) in [6, 6.07) is 0. The van der Waals surface area contributed by atoms with Gasteiger partial charge in [0.2, 0.25) is 5.95 Å². The van der Waals surface area contributed by atoms with Crippen molar-refractivity contribution in [3.05, 3.63) is 16.8 Å². The Morgan fingerprint density at radius 1 is 1.30 bits per heavy atom. The van der Waals surface area contributed by atoms with Crippen LogP contribution in [-0.2, 0) is 31.6 Å². The Balaban J connectivity index is 2.43. The van der Waals surface area contributed by atoms with Gasteiger partial charge in [-0.1, -0.05) is 11.8 Å². The van der Waals surface area contributed by atoms with E-state index in [9.17, 15) is 42.9 Å². The van der Waals surface area contributed by atoms with Crippen molar-refractivity contribution in [2.75, 3.05) is 19.0 Å². The highest BCUT2D eigenvalue weighted by Gasteiger charge is 2.57. The topological polar surface area (TPSA) is 283 Å². The van der Waals surface area contributed by atoms with Crippen molar-refractivity contribution in [1.82, 2.24) is 14.5 Å². The van der Waals surface area contributed by atoms with Gasteiger partial charge in [0.1, 0.15) is 25.2 Å². The number of hydrogen-bond acceptors (Lipinski definition) is 13. The maximum absolute atomic E-state index is 12.6. The molecule has 1 saturated heterocycles. The van der Waals surface area contributed by atoms with Gasteiger partial charge >= 0.3 is 29.2 Å². The number of nitrogens with zero attached hydrogens (tertiary/aromatic N) is 3. The van der Waals surface area contributed by atoms with E-state index in [4.69, 9.17) is 23.0 Å². The Hall–Kier alpha value is -1.61. The fraction of sp³-hybridized carbons (Fsp3) is 0.545. The Bertz CT molecular complexity index is 1230. The average Bonchev–Trinajstić information content (AvgIpc) is 2.88. The SMILES string of the molecule is [2H]C([2H])(OP(=O)(O)OP(=O)(O)OP(=O)(O)O)[C@H]1O[C@@H](n2cnc(N)nc2=O)C(O)(C#CCF)[C@H]1O. The van der Waals surface area contributed by atoms with Crippen LogP contribution in [0.4, 0.5) is 10.3 Å². The number of aliphatic hydroxyl groups excluding tert-OH is 1. The second-order valence-corrected chi connectivity index (χ2v) is 10.2. The van der Waals surface area contributed by atoms with Crippen LogP contribution < -0.4 is 11.4 Å². The van der Waals surface area contributed by atoms with Crippen LogP contribution in [-0.4, -0.2) is 75.4 Å². The molecule has 186 valence electrons. The van der Waals surface area contributed by atoms with E-state index in [2.05, 4.69) is 23.1 Å². The van der Waals surface area contributed by atoms with E-state index in [0.29, 0.717) is 10.9 Å². The van der Waals surface area contributed by atoms with Crippen molar-refractivity contribution in [3.8, 4) is 11.8 Å². The van der Waals surface area contributed by atoms with E-state index in [1.54, 1.807) is 5.92 Å². The Morgan fingerprint density at radius 2 is 1.94 bits per heavy atom. The number of anilines is 1. The van der Waals surface area contributed by atoms with Gasteiger partial charge in [-0.3, -0.25) is 9.09 Å². The fourth-order valence-corrected chi connectivity index (χ4v) is 5.18. The molecule has 22 heteroatoms. The standard InChI is InChI=1S/C11H16FN4O14P3/c12-3-1-2-11(19)7(17)6(28-8(11)16-5-14-9(13)15-10(16)18)4-27-32(23,24)30-33(25,26)29-31(20,21)22/h5-8,17,19H,3-4H2,(H,23,24)(H,25,26)(H2,13,15,18)(H2,20,21,22)/t6-,7+,8-,11?/m1/s1/i4D2. The van der Waals surface area contributed by atoms with Crippen LogP contribution in [0.2, 0.25) is 0 Å². The van der Waals surface area contributed by atoms with Crippen LogP contribution in [0.15, 0.2) is 11.1 Å². The molecule has 1 aromatic rings. The summed E-state index contributed by atoms with van der Waals surface area (Å²) in [5.74, 6) is 3.00. The van der Waals surface area contributed by atoms with Crippen LogP contribution in [0.5, 0.6) is 0 Å². The second kappa shape index (κ2) is 9.94. The third-order valence-corrected chi connectivity index (χ3v) is 7.11. The molecule has 1 aromatic heterocycles. The molecule has 1 aliphatic rings. The normalized spacial score (nSPS) is 30.3. The number of aliphatic hydroxyl groups is 2. The lowest BCUT2D eigenvalue weighted by molar-refractivity contribution is -0.0766. The van der Waals surface area contributed by atoms with Gasteiger partial charge < -0.3 is 40.3 Å². The minimum atomic E-state index is -6.11. The number of hydrogen-bond donors (Lipinski definition) is 7. The molecule has 1 aliphatic heterocycles. The summed E-state index contributed by atoms with van der Waals surface area (Å²) in [6.45, 7) is -5.15. The smallest absolute Gasteiger partial charge is 0.386 e. The summed E-state index contributed by atoms with van der Waals surface area (Å²) in [4.78, 5) is 54.6. The number of aromatic nitrogens is 3. The van der Waals surface area contributed by atoms with Gasteiger partial charge in [-0.15, -0.1) is 0 Å². The van der Waals surface area contributed by atoms with Gasteiger partial charge in [0.05, 0.1) is 9.30 Å². The average molecular weight is 542 g/mol. The highest BCUT2D eigenvalue weighted by atomic mass is 31.3. The molecule has 0 bridgehead atoms. The number of halogens is 1. The number of alkyl halides is 1. The molecule has 0 aromatic carbocycles. The molecular formula is C11H16FN4O14P3. The Labute approximate surface area is 185 Å². The lowest BCUT2D eigenvalue weighted by atomic mass is 9.94. The van der Waals surface area contributed by atoms with E-state index in [1.807, 2.05) is 5.92 Å². The first-order valence-corrected chi connectivity index (χ1v) is 12.4. The van der Waals surface area contributed by atoms with Gasteiger partial charge in [0.25, 0.3) is 0 Å². The fourth-order valence-electron chi connectivity index (χ4n) is 2.31. The van der Waals surface area contributed by atoms with Crippen molar-refractivity contribution < 1.29 is 68.5 Å². The van der Waals surface area contributed by atoms with E-state index in [0.717, 1.165) is 0 Å². The zero-order chi connectivity index (χ0) is 27.0. The lowest BCUT2D eigenvalue weighted by Gasteiger charge is -2.26. The molecule has 0 radical (unpaired) electrons. The molecule has 0 aliphatic carbocycles. The highest BCUT2D eigenvalue weighted by Crippen LogP contribution is 2.66. The molecule has 0 saturated carbocycles. The van der Waals surface area contributed by atoms with E-state index in [-0.39, 0.29) is 0 Å². The van der Waals surface area contributed by atoms with Crippen molar-refractivity contribution in [1.29, 1.82) is 0 Å². The Morgan fingerprint density at radius 3 is 2.48 bits per heavy atom. The van der Waals surface area contributed by atoms with Crippen molar-refractivity contribution in [3.63, 3.8) is 0 Å². The monoisotopic (exact) mass is 542 g/mol. The largest absolute Gasteiger partial charge is 0.490 e. The zero-order valence-electron chi connectivity index (χ0n) is 17.6. The van der Waals surface area contributed by atoms with Crippen LogP contribution in [0.25, 0.3) is 0 Å². The molecule has 33 heavy (non-hydrogen) atoms. The maximum atomic E-state index is 12.6. The van der Waals surface area contributed by atoms with E-state index >= 15 is 0 Å². The number of phosphoric ester groups is 1. The predicted octanol–water partition coefficient (Wildman–Crippen LogP) is -2.47. The number of rotatable bonds is 8. The first kappa shape index (κ1) is 24.5. The summed E-state index contributed by atoms with van der Waals surface area (Å²) in [6.07, 6.45) is -6.72. The molecular weight excluding hydrogens is 524 g/mol. The third-order valence-electron chi connectivity index (χ3n) is 3.44. The molecule has 0 spiro atoms. The first-order chi connectivity index (χ1) is 15.7. The summed E-state index contributed by atoms with van der Waals surface area (Å²) in [5.41, 5.74) is 0.954. The number of nitrogen functional groups attached to an aromatic ring is 1. The van der Waals surface area contributed by atoms with Crippen molar-refractivity contribution >= 4 is 29.4 Å². The molecule has 0 amide bonds. The summed E-state index contributed by atoms with van der Waals surface area (Å²) in [5, 5.41) is 21.3. The number of phosphoric acid groups is 3. The first-order valence-electron chi connectivity index (χ1n) is 8.90. The van der Waals surface area contributed by atoms with Crippen LogP contribution >= 0.6 is 23.5 Å². The minimum absolute atomic E-state index is 0.355. The molecule has 18 nitrogen and oxygen atoms in total. The van der Waals surface area contributed by atoms with Gasteiger partial charge in [-0.25, -0.2) is 27.9 Å². The second-order valence-electron chi connectivity index (χ2n) is 5.82. The molecule has 1 fully saturated rings. The van der Waals surface area contributed by atoms with Crippen LogP contribution in [0, 0.1) is 11.8 Å². The Kier molecular flexibility index (Phi) is 7.38. The van der Waals surface area contributed by atoms with E-state index < -0.39 is 72.4 Å². The quantitative estimate of drug-likeness (QED) is 0.132. The van der Waals surface area contributed by atoms with Gasteiger partial charge in [0.15, 0.2) is 11.8 Å². The molecule has 6 atom stereocenters. The summed E-state index contributed by atoms with van der Waals surface area (Å²) in [7, 11) is -17.9.